The molecule has 1 atom stereocenters. The third-order valence-corrected chi connectivity index (χ3v) is 4.68. The molecule has 1 fully saturated rings. The average Bonchev–Trinajstić information content (AvgIpc) is 2.93. The molecule has 0 spiro atoms. The number of aryl methyl sites for hydroxylation is 1. The molecule has 4 nitrogen and oxygen atoms in total. The fourth-order valence-corrected chi connectivity index (χ4v) is 3.17. The molecule has 0 aromatic heterocycles. The summed E-state index contributed by atoms with van der Waals surface area (Å²) in [4.78, 5) is 26.8. The number of hydrogen-bond acceptors (Lipinski definition) is 2. The minimum atomic E-state index is -0.723. The Morgan fingerprint density at radius 3 is 2.71 bits per heavy atom. The van der Waals surface area contributed by atoms with Crippen LogP contribution in [0, 0.1) is 12.8 Å². The summed E-state index contributed by atoms with van der Waals surface area (Å²) in [6.07, 6.45) is 0.459. The molecule has 2 amide bonds. The zero-order chi connectivity index (χ0) is 17.3. The number of rotatable bonds is 3. The van der Waals surface area contributed by atoms with E-state index in [9.17, 15) is 9.59 Å². The molecule has 1 aliphatic rings. The molecule has 6 heteroatoms. The summed E-state index contributed by atoms with van der Waals surface area (Å²) in [7, 11) is 0. The van der Waals surface area contributed by atoms with Gasteiger partial charge in [0.2, 0.25) is 11.8 Å². The first-order valence-electron chi connectivity index (χ1n) is 7.60. The highest BCUT2D eigenvalue weighted by Crippen LogP contribution is 2.31. The van der Waals surface area contributed by atoms with Crippen LogP contribution in [0.25, 0.3) is 0 Å². The summed E-state index contributed by atoms with van der Waals surface area (Å²) in [5.74, 6) is -1.28. The second kappa shape index (κ2) is 6.83. The topological polar surface area (TPSA) is 49.4 Å². The minimum Gasteiger partial charge on any atom is -0.324 e. The van der Waals surface area contributed by atoms with Gasteiger partial charge in [-0.25, -0.2) is 0 Å². The zero-order valence-electron chi connectivity index (χ0n) is 13.1. The normalized spacial score (nSPS) is 17.2. The van der Waals surface area contributed by atoms with Gasteiger partial charge in [0.15, 0.2) is 0 Å². The fourth-order valence-electron chi connectivity index (χ4n) is 2.82. The van der Waals surface area contributed by atoms with E-state index in [0.29, 0.717) is 28.7 Å². The quantitative estimate of drug-likeness (QED) is 0.827. The monoisotopic (exact) mass is 362 g/mol. The van der Waals surface area contributed by atoms with Gasteiger partial charge in [0, 0.05) is 17.3 Å². The number of hydrogen-bond donors (Lipinski definition) is 1. The molecule has 2 aromatic rings. The van der Waals surface area contributed by atoms with Crippen LogP contribution < -0.4 is 10.2 Å². The molecule has 1 aliphatic heterocycles. The molecule has 1 saturated heterocycles. The highest BCUT2D eigenvalue weighted by atomic mass is 35.5. The van der Waals surface area contributed by atoms with Gasteiger partial charge >= 0.3 is 0 Å². The lowest BCUT2D eigenvalue weighted by atomic mass is 10.1. The summed E-state index contributed by atoms with van der Waals surface area (Å²) >= 11 is 12.1. The Labute approximate surface area is 150 Å². The number of benzene rings is 2. The Morgan fingerprint density at radius 1 is 1.21 bits per heavy atom. The predicted octanol–water partition coefficient (Wildman–Crippen LogP) is 4.29. The predicted molar refractivity (Wildman–Crippen MR) is 96.7 cm³/mol. The fraction of sp³-hybridized carbons (Fsp3) is 0.222. The van der Waals surface area contributed by atoms with Crippen molar-refractivity contribution >= 4 is 46.4 Å². The molecule has 124 valence electrons. The van der Waals surface area contributed by atoms with Crippen molar-refractivity contribution in [1.29, 1.82) is 0 Å². The Morgan fingerprint density at radius 2 is 1.96 bits per heavy atom. The van der Waals surface area contributed by atoms with Gasteiger partial charge in [-0.3, -0.25) is 9.59 Å². The third kappa shape index (κ3) is 3.25. The van der Waals surface area contributed by atoms with E-state index in [4.69, 9.17) is 23.2 Å². The van der Waals surface area contributed by atoms with E-state index in [0.717, 1.165) is 11.3 Å². The number of para-hydroxylation sites is 1. The molecular formula is C18H16Cl2N2O2. The summed E-state index contributed by atoms with van der Waals surface area (Å²) in [5.41, 5.74) is 2.20. The summed E-state index contributed by atoms with van der Waals surface area (Å²) in [6, 6.07) is 12.4. The lowest BCUT2D eigenvalue weighted by Crippen LogP contribution is -2.33. The van der Waals surface area contributed by atoms with Crippen LogP contribution in [0.15, 0.2) is 42.5 Å². The van der Waals surface area contributed by atoms with Gasteiger partial charge in [0.25, 0.3) is 0 Å². The first kappa shape index (κ1) is 16.8. The van der Waals surface area contributed by atoms with Crippen LogP contribution in [0.1, 0.15) is 12.0 Å². The third-order valence-electron chi connectivity index (χ3n) is 4.12. The largest absolute Gasteiger partial charge is 0.324 e. The van der Waals surface area contributed by atoms with Gasteiger partial charge in [-0.05, 0) is 43.2 Å². The van der Waals surface area contributed by atoms with Crippen molar-refractivity contribution in [3.8, 4) is 0 Å². The molecule has 1 heterocycles. The van der Waals surface area contributed by atoms with Gasteiger partial charge in [-0.1, -0.05) is 41.4 Å². The second-order valence-corrected chi connectivity index (χ2v) is 6.57. The molecule has 0 radical (unpaired) electrons. The summed E-state index contributed by atoms with van der Waals surface area (Å²) in [5, 5.41) is 3.74. The van der Waals surface area contributed by atoms with Gasteiger partial charge < -0.3 is 10.2 Å². The van der Waals surface area contributed by atoms with E-state index in [1.54, 1.807) is 41.3 Å². The van der Waals surface area contributed by atoms with Crippen LogP contribution >= 0.6 is 23.2 Å². The van der Waals surface area contributed by atoms with Crippen molar-refractivity contribution < 1.29 is 9.59 Å². The molecule has 24 heavy (non-hydrogen) atoms. The number of halogens is 2. The maximum absolute atomic E-state index is 12.7. The van der Waals surface area contributed by atoms with Gasteiger partial charge in [0.05, 0.1) is 10.7 Å². The van der Waals surface area contributed by atoms with Crippen molar-refractivity contribution in [3.05, 3.63) is 58.1 Å². The van der Waals surface area contributed by atoms with Crippen LogP contribution in [-0.2, 0) is 9.59 Å². The minimum absolute atomic E-state index is 0.218. The molecule has 1 N–H and O–H groups in total. The van der Waals surface area contributed by atoms with Gasteiger partial charge in [0.1, 0.15) is 5.92 Å². The maximum Gasteiger partial charge on any atom is 0.239 e. The first-order chi connectivity index (χ1) is 11.5. The Kier molecular flexibility index (Phi) is 4.78. The van der Waals surface area contributed by atoms with Crippen LogP contribution in [0.4, 0.5) is 11.4 Å². The Balaban J connectivity index is 1.77. The van der Waals surface area contributed by atoms with Crippen LogP contribution in [0.5, 0.6) is 0 Å². The number of carbonyl (C=O) groups is 2. The van der Waals surface area contributed by atoms with Crippen molar-refractivity contribution in [2.24, 2.45) is 5.92 Å². The van der Waals surface area contributed by atoms with Crippen molar-refractivity contribution in [1.82, 2.24) is 0 Å². The van der Waals surface area contributed by atoms with E-state index in [-0.39, 0.29) is 11.8 Å². The summed E-state index contributed by atoms with van der Waals surface area (Å²) < 4.78 is 0. The van der Waals surface area contributed by atoms with E-state index in [1.165, 1.54) is 0 Å². The lowest BCUT2D eigenvalue weighted by molar-refractivity contribution is -0.129. The van der Waals surface area contributed by atoms with Crippen molar-refractivity contribution in [2.75, 3.05) is 16.8 Å². The molecule has 2 aromatic carbocycles. The molecule has 0 bridgehead atoms. The Hall–Kier alpha value is -2.04. The van der Waals surface area contributed by atoms with Crippen LogP contribution in [-0.4, -0.2) is 18.4 Å². The van der Waals surface area contributed by atoms with E-state index in [1.807, 2.05) is 13.0 Å². The highest BCUT2D eigenvalue weighted by Gasteiger charge is 2.38. The SMILES string of the molecule is Cc1ccc(Cl)cc1N1CCC(C(=O)Nc2ccccc2Cl)C1=O. The van der Waals surface area contributed by atoms with E-state index >= 15 is 0 Å². The van der Waals surface area contributed by atoms with E-state index < -0.39 is 5.92 Å². The molecule has 1 unspecified atom stereocenters. The van der Waals surface area contributed by atoms with E-state index in [2.05, 4.69) is 5.32 Å². The molecule has 0 aliphatic carbocycles. The van der Waals surface area contributed by atoms with Gasteiger partial charge in [-0.2, -0.15) is 0 Å². The van der Waals surface area contributed by atoms with Gasteiger partial charge in [-0.15, -0.1) is 0 Å². The zero-order valence-corrected chi connectivity index (χ0v) is 14.6. The van der Waals surface area contributed by atoms with Crippen LogP contribution in [0.2, 0.25) is 10.0 Å². The second-order valence-electron chi connectivity index (χ2n) is 5.73. The molecule has 3 rings (SSSR count). The number of amides is 2. The Bertz CT molecular complexity index is 807. The molecular weight excluding hydrogens is 347 g/mol. The van der Waals surface area contributed by atoms with Crippen molar-refractivity contribution in [3.63, 3.8) is 0 Å². The number of carbonyl (C=O) groups excluding carboxylic acids is 2. The lowest BCUT2D eigenvalue weighted by Gasteiger charge is -2.19. The average molecular weight is 363 g/mol. The molecule has 0 saturated carbocycles. The smallest absolute Gasteiger partial charge is 0.239 e. The van der Waals surface area contributed by atoms with Crippen LogP contribution in [0.3, 0.4) is 0 Å². The first-order valence-corrected chi connectivity index (χ1v) is 8.36. The number of anilines is 2. The maximum atomic E-state index is 12.7. The van der Waals surface area contributed by atoms with Crippen molar-refractivity contribution in [2.45, 2.75) is 13.3 Å². The number of nitrogens with zero attached hydrogens (tertiary/aromatic N) is 1. The number of nitrogens with one attached hydrogen (secondary N) is 1. The standard InChI is InChI=1S/C18H16Cl2N2O2/c1-11-6-7-12(19)10-16(11)22-9-8-13(18(22)24)17(23)21-15-5-3-2-4-14(15)20/h2-7,10,13H,8-9H2,1H3,(H,21,23). The summed E-state index contributed by atoms with van der Waals surface area (Å²) in [6.45, 7) is 2.40. The highest BCUT2D eigenvalue weighted by molar-refractivity contribution is 6.34.